The van der Waals surface area contributed by atoms with Crippen LogP contribution in [0.15, 0.2) is 36.2 Å². The zero-order chi connectivity index (χ0) is 28.7. The Morgan fingerprint density at radius 3 is 2.60 bits per heavy atom. The SMILES string of the molecule is C[C@]12CCC(=O)C=C1CC[C@@H]1[C@H]2[C@@H](O)C[C@@]2(C)[C@H]1CC[C@]2(O)C(=O)COC(=O)CCC(=O)NCc1ccncc1. The van der Waals surface area contributed by atoms with Crippen LogP contribution in [0.2, 0.25) is 0 Å². The summed E-state index contributed by atoms with van der Waals surface area (Å²) in [5, 5.41) is 26.0. The Balaban J connectivity index is 1.18. The monoisotopic (exact) mass is 552 g/mol. The van der Waals surface area contributed by atoms with E-state index < -0.39 is 35.5 Å². The van der Waals surface area contributed by atoms with E-state index in [0.29, 0.717) is 19.4 Å². The second-order valence-corrected chi connectivity index (χ2v) is 12.7. The number of rotatable bonds is 8. The lowest BCUT2D eigenvalue weighted by Gasteiger charge is -2.60. The molecule has 0 spiro atoms. The highest BCUT2D eigenvalue weighted by Gasteiger charge is 2.68. The molecular weight excluding hydrogens is 512 g/mol. The first-order chi connectivity index (χ1) is 19.0. The highest BCUT2D eigenvalue weighted by molar-refractivity contribution is 5.92. The maximum atomic E-state index is 13.4. The largest absolute Gasteiger partial charge is 0.458 e. The van der Waals surface area contributed by atoms with Crippen molar-refractivity contribution in [1.29, 1.82) is 0 Å². The predicted molar refractivity (Wildman–Crippen MR) is 144 cm³/mol. The minimum Gasteiger partial charge on any atom is -0.458 e. The standard InChI is InChI=1S/C31H40N2O7/c1-29-11-7-21(34)15-20(29)3-4-22-23-8-12-31(39,30(23,2)16-24(35)28(22)29)25(36)18-40-27(38)6-5-26(37)33-17-19-9-13-32-14-10-19/h9-10,13-15,22-24,28,35,39H,3-8,11-12,16-18H2,1-2H3,(H,33,37)/t22-,23-,24-,28-,29-,30-,31-/m0/s1. The summed E-state index contributed by atoms with van der Waals surface area (Å²) >= 11 is 0. The van der Waals surface area contributed by atoms with Gasteiger partial charge in [-0.05, 0) is 85.5 Å². The van der Waals surface area contributed by atoms with Gasteiger partial charge >= 0.3 is 5.97 Å². The zero-order valence-electron chi connectivity index (χ0n) is 23.4. The molecule has 0 aliphatic heterocycles. The van der Waals surface area contributed by atoms with Crippen LogP contribution in [-0.4, -0.2) is 57.0 Å². The van der Waals surface area contributed by atoms with Gasteiger partial charge in [0.2, 0.25) is 11.7 Å². The third-order valence-corrected chi connectivity index (χ3v) is 10.7. The molecule has 9 nitrogen and oxygen atoms in total. The van der Waals surface area contributed by atoms with Crippen molar-refractivity contribution in [3.8, 4) is 0 Å². The van der Waals surface area contributed by atoms with E-state index in [-0.39, 0.29) is 60.5 Å². The van der Waals surface area contributed by atoms with Gasteiger partial charge in [0, 0.05) is 37.2 Å². The van der Waals surface area contributed by atoms with Crippen molar-refractivity contribution >= 4 is 23.4 Å². The Kier molecular flexibility index (Phi) is 7.74. The summed E-state index contributed by atoms with van der Waals surface area (Å²) in [5.41, 5.74) is -0.768. The number of aromatic nitrogens is 1. The van der Waals surface area contributed by atoms with Crippen molar-refractivity contribution < 1.29 is 34.1 Å². The molecule has 5 rings (SSSR count). The van der Waals surface area contributed by atoms with E-state index in [1.807, 2.05) is 6.92 Å². The van der Waals surface area contributed by atoms with Crippen LogP contribution in [-0.2, 0) is 30.5 Å². The van der Waals surface area contributed by atoms with Gasteiger partial charge in [-0.3, -0.25) is 24.2 Å². The molecule has 3 saturated carbocycles. The third kappa shape index (κ3) is 4.91. The molecule has 1 heterocycles. The van der Waals surface area contributed by atoms with Crippen molar-refractivity contribution in [1.82, 2.24) is 10.3 Å². The van der Waals surface area contributed by atoms with Crippen LogP contribution < -0.4 is 5.32 Å². The van der Waals surface area contributed by atoms with Gasteiger partial charge < -0.3 is 20.3 Å². The van der Waals surface area contributed by atoms with Gasteiger partial charge in [0.15, 0.2) is 12.4 Å². The smallest absolute Gasteiger partial charge is 0.306 e. The first-order valence-electron chi connectivity index (χ1n) is 14.5. The van der Waals surface area contributed by atoms with Crippen molar-refractivity contribution in [2.24, 2.45) is 28.6 Å². The van der Waals surface area contributed by atoms with Crippen LogP contribution in [0.1, 0.15) is 77.2 Å². The first-order valence-corrected chi connectivity index (χ1v) is 14.5. The van der Waals surface area contributed by atoms with E-state index in [4.69, 9.17) is 4.74 Å². The number of nitrogens with zero attached hydrogens (tertiary/aromatic N) is 1. The number of aliphatic hydroxyl groups is 2. The van der Waals surface area contributed by atoms with Crippen LogP contribution in [0.25, 0.3) is 0 Å². The van der Waals surface area contributed by atoms with E-state index in [2.05, 4.69) is 17.2 Å². The number of carbonyl (C=O) groups excluding carboxylic acids is 4. The lowest BCUT2D eigenvalue weighted by atomic mass is 9.45. The summed E-state index contributed by atoms with van der Waals surface area (Å²) < 4.78 is 5.21. The summed E-state index contributed by atoms with van der Waals surface area (Å²) in [5.74, 6) is -1.21. The summed E-state index contributed by atoms with van der Waals surface area (Å²) in [6.07, 6.45) is 8.11. The Morgan fingerprint density at radius 1 is 1.10 bits per heavy atom. The highest BCUT2D eigenvalue weighted by atomic mass is 16.5. The molecule has 9 heteroatoms. The molecule has 216 valence electrons. The number of hydrogen-bond acceptors (Lipinski definition) is 8. The molecule has 0 bridgehead atoms. The molecule has 4 aliphatic carbocycles. The fourth-order valence-electron chi connectivity index (χ4n) is 8.49. The second-order valence-electron chi connectivity index (χ2n) is 12.7. The van der Waals surface area contributed by atoms with Gasteiger partial charge in [-0.1, -0.05) is 19.4 Å². The first kappa shape index (κ1) is 28.6. The number of Topliss-reactive ketones (excluding diaryl/α,β-unsaturated/α-hetero) is 1. The minimum atomic E-state index is -1.70. The number of esters is 1. The lowest BCUT2D eigenvalue weighted by molar-refractivity contribution is -0.184. The summed E-state index contributed by atoms with van der Waals surface area (Å²) in [6, 6.07) is 3.57. The molecule has 3 fully saturated rings. The Labute approximate surface area is 234 Å². The summed E-state index contributed by atoms with van der Waals surface area (Å²) in [6.45, 7) is 3.83. The average molecular weight is 553 g/mol. The summed E-state index contributed by atoms with van der Waals surface area (Å²) in [7, 11) is 0. The van der Waals surface area contributed by atoms with Gasteiger partial charge in [0.1, 0.15) is 5.60 Å². The van der Waals surface area contributed by atoms with Gasteiger partial charge in [0.05, 0.1) is 12.5 Å². The number of allylic oxidation sites excluding steroid dienone is 1. The van der Waals surface area contributed by atoms with E-state index in [9.17, 15) is 29.4 Å². The number of aliphatic hydroxyl groups excluding tert-OH is 1. The number of fused-ring (bicyclic) bond motifs is 5. The number of pyridine rings is 1. The maximum absolute atomic E-state index is 13.4. The van der Waals surface area contributed by atoms with E-state index in [1.54, 1.807) is 30.6 Å². The van der Waals surface area contributed by atoms with Crippen LogP contribution >= 0.6 is 0 Å². The topological polar surface area (TPSA) is 143 Å². The number of hydrogen-bond donors (Lipinski definition) is 3. The Hall–Kier alpha value is -2.91. The van der Waals surface area contributed by atoms with Gasteiger partial charge in [-0.15, -0.1) is 0 Å². The van der Waals surface area contributed by atoms with Crippen LogP contribution in [0.4, 0.5) is 0 Å². The minimum absolute atomic E-state index is 0.0151. The molecule has 4 aliphatic rings. The molecule has 1 amide bonds. The molecule has 7 atom stereocenters. The van der Waals surface area contributed by atoms with Crippen LogP contribution in [0.3, 0.4) is 0 Å². The molecule has 1 aromatic heterocycles. The molecule has 0 saturated heterocycles. The van der Waals surface area contributed by atoms with Crippen molar-refractivity contribution in [2.75, 3.05) is 6.61 Å². The van der Waals surface area contributed by atoms with E-state index in [0.717, 1.165) is 30.4 Å². The number of carbonyl (C=O) groups is 4. The molecule has 40 heavy (non-hydrogen) atoms. The van der Waals surface area contributed by atoms with Crippen LogP contribution in [0, 0.1) is 28.6 Å². The highest BCUT2D eigenvalue weighted by Crippen LogP contribution is 2.67. The van der Waals surface area contributed by atoms with Crippen LogP contribution in [0.5, 0.6) is 0 Å². The normalized spacial score (nSPS) is 36.5. The lowest BCUT2D eigenvalue weighted by Crippen LogP contribution is -2.62. The number of amides is 1. The van der Waals surface area contributed by atoms with E-state index >= 15 is 0 Å². The quantitative estimate of drug-likeness (QED) is 0.418. The van der Waals surface area contributed by atoms with E-state index in [1.165, 1.54) is 0 Å². The number of nitrogens with one attached hydrogen (secondary N) is 1. The Bertz CT molecular complexity index is 1220. The number of ketones is 2. The zero-order valence-corrected chi connectivity index (χ0v) is 23.4. The van der Waals surface area contributed by atoms with Crippen molar-refractivity contribution in [2.45, 2.75) is 89.9 Å². The fourth-order valence-corrected chi connectivity index (χ4v) is 8.49. The average Bonchev–Trinajstić information content (AvgIpc) is 3.20. The fraction of sp³-hybridized carbons (Fsp3) is 0.645. The molecule has 1 aromatic rings. The second kappa shape index (κ2) is 10.8. The third-order valence-electron chi connectivity index (χ3n) is 10.7. The van der Waals surface area contributed by atoms with Crippen molar-refractivity contribution in [3.63, 3.8) is 0 Å². The maximum Gasteiger partial charge on any atom is 0.306 e. The number of ether oxygens (including phenoxy) is 1. The van der Waals surface area contributed by atoms with Gasteiger partial charge in [-0.2, -0.15) is 0 Å². The molecule has 3 N–H and O–H groups in total. The molecule has 0 radical (unpaired) electrons. The Morgan fingerprint density at radius 2 is 1.85 bits per heavy atom. The van der Waals surface area contributed by atoms with Gasteiger partial charge in [0.25, 0.3) is 0 Å². The van der Waals surface area contributed by atoms with Gasteiger partial charge in [-0.25, -0.2) is 0 Å². The molecule has 0 aromatic carbocycles. The summed E-state index contributed by atoms with van der Waals surface area (Å²) in [4.78, 5) is 53.8. The van der Waals surface area contributed by atoms with Crippen molar-refractivity contribution in [3.05, 3.63) is 41.7 Å². The predicted octanol–water partition coefficient (Wildman–Crippen LogP) is 2.82. The molecule has 0 unspecified atom stereocenters. The molecular formula is C31H40N2O7.